The Labute approximate surface area is 125 Å². The van der Waals surface area contributed by atoms with Gasteiger partial charge in [-0.05, 0) is 26.0 Å². The van der Waals surface area contributed by atoms with E-state index in [-0.39, 0.29) is 24.8 Å². The predicted molar refractivity (Wildman–Crippen MR) is 82.3 cm³/mol. The number of anilines is 1. The third-order valence-electron chi connectivity index (χ3n) is 3.25. The molecule has 0 saturated heterocycles. The maximum Gasteiger partial charge on any atom is 0.257 e. The first-order valence-corrected chi connectivity index (χ1v) is 7.03. The molecule has 1 aromatic carbocycles. The summed E-state index contributed by atoms with van der Waals surface area (Å²) in [6, 6.07) is 5.03. The molecule has 2 amide bonds. The molecule has 21 heavy (non-hydrogen) atoms. The Morgan fingerprint density at radius 1 is 1.29 bits per heavy atom. The van der Waals surface area contributed by atoms with Crippen molar-refractivity contribution in [1.29, 1.82) is 0 Å². The lowest BCUT2D eigenvalue weighted by Crippen LogP contribution is -2.34. The molecule has 0 unspecified atom stereocenters. The number of nitrogen functional groups attached to an aromatic ring is 1. The number of carbonyl (C=O) groups excluding carboxylic acids is 2. The summed E-state index contributed by atoms with van der Waals surface area (Å²) in [5, 5.41) is 2.70. The highest BCUT2D eigenvalue weighted by atomic mass is 16.5. The van der Waals surface area contributed by atoms with Gasteiger partial charge >= 0.3 is 0 Å². The number of rotatable bonds is 7. The summed E-state index contributed by atoms with van der Waals surface area (Å²) in [4.78, 5) is 25.7. The van der Waals surface area contributed by atoms with Crippen molar-refractivity contribution in [2.45, 2.75) is 20.3 Å². The number of ether oxygens (including phenoxy) is 1. The van der Waals surface area contributed by atoms with Gasteiger partial charge in [-0.2, -0.15) is 0 Å². The Balaban J connectivity index is 2.61. The number of methoxy groups -OCH3 is 1. The zero-order valence-electron chi connectivity index (χ0n) is 12.8. The number of nitrogens with two attached hydrogens (primary N) is 1. The fraction of sp³-hybridized carbons (Fsp3) is 0.467. The number of carbonyl (C=O) groups is 2. The van der Waals surface area contributed by atoms with Gasteiger partial charge in [0, 0.05) is 31.7 Å². The Hall–Kier alpha value is -2.24. The first-order valence-electron chi connectivity index (χ1n) is 7.03. The highest BCUT2D eigenvalue weighted by Crippen LogP contribution is 2.23. The summed E-state index contributed by atoms with van der Waals surface area (Å²) in [5.41, 5.74) is 6.45. The van der Waals surface area contributed by atoms with Gasteiger partial charge in [0.15, 0.2) is 0 Å². The number of nitrogens with zero attached hydrogens (tertiary/aromatic N) is 1. The van der Waals surface area contributed by atoms with E-state index in [0.29, 0.717) is 30.1 Å². The van der Waals surface area contributed by atoms with Crippen LogP contribution in [0.5, 0.6) is 5.75 Å². The maximum atomic E-state index is 12.1. The van der Waals surface area contributed by atoms with Gasteiger partial charge in [0.2, 0.25) is 5.91 Å². The van der Waals surface area contributed by atoms with Crippen LogP contribution in [0.25, 0.3) is 0 Å². The largest absolute Gasteiger partial charge is 0.496 e. The number of benzene rings is 1. The van der Waals surface area contributed by atoms with Crippen molar-refractivity contribution in [3.63, 3.8) is 0 Å². The van der Waals surface area contributed by atoms with Gasteiger partial charge in [0.1, 0.15) is 11.3 Å². The van der Waals surface area contributed by atoms with Crippen molar-refractivity contribution < 1.29 is 14.3 Å². The topological polar surface area (TPSA) is 84.7 Å². The molecular weight excluding hydrogens is 270 g/mol. The van der Waals surface area contributed by atoms with Crippen molar-refractivity contribution in [1.82, 2.24) is 10.2 Å². The van der Waals surface area contributed by atoms with Crippen LogP contribution in [0.1, 0.15) is 30.6 Å². The minimum absolute atomic E-state index is 0.0216. The van der Waals surface area contributed by atoms with Gasteiger partial charge in [0.05, 0.1) is 7.11 Å². The summed E-state index contributed by atoms with van der Waals surface area (Å²) < 4.78 is 5.13. The summed E-state index contributed by atoms with van der Waals surface area (Å²) >= 11 is 0. The first kappa shape index (κ1) is 16.8. The lowest BCUT2D eigenvalue weighted by molar-refractivity contribution is -0.130. The van der Waals surface area contributed by atoms with E-state index in [4.69, 9.17) is 10.5 Å². The van der Waals surface area contributed by atoms with Gasteiger partial charge in [-0.25, -0.2) is 0 Å². The summed E-state index contributed by atoms with van der Waals surface area (Å²) in [6.45, 7) is 5.46. The number of hydrogen-bond donors (Lipinski definition) is 2. The molecule has 0 aliphatic heterocycles. The summed E-state index contributed by atoms with van der Waals surface area (Å²) in [7, 11) is 1.48. The van der Waals surface area contributed by atoms with E-state index < -0.39 is 0 Å². The smallest absolute Gasteiger partial charge is 0.257 e. The van der Waals surface area contributed by atoms with E-state index in [0.717, 1.165) is 0 Å². The Morgan fingerprint density at radius 2 is 1.95 bits per heavy atom. The predicted octanol–water partition coefficient (Wildman–Crippen LogP) is 1.27. The quantitative estimate of drug-likeness (QED) is 0.741. The Kier molecular flexibility index (Phi) is 6.52. The number of hydrogen-bond acceptors (Lipinski definition) is 4. The third-order valence-corrected chi connectivity index (χ3v) is 3.25. The van der Waals surface area contributed by atoms with Crippen LogP contribution < -0.4 is 15.8 Å². The molecule has 0 saturated carbocycles. The van der Waals surface area contributed by atoms with Crippen LogP contribution in [0.4, 0.5) is 5.69 Å². The Morgan fingerprint density at radius 3 is 2.52 bits per heavy atom. The summed E-state index contributed by atoms with van der Waals surface area (Å²) in [6.07, 6.45) is 0.266. The molecule has 6 heteroatoms. The lowest BCUT2D eigenvalue weighted by Gasteiger charge is -2.18. The molecule has 0 aliphatic rings. The fourth-order valence-corrected chi connectivity index (χ4v) is 2.07. The zero-order chi connectivity index (χ0) is 15.8. The van der Waals surface area contributed by atoms with E-state index in [1.54, 1.807) is 23.1 Å². The molecule has 0 aromatic heterocycles. The maximum absolute atomic E-state index is 12.1. The van der Waals surface area contributed by atoms with Crippen LogP contribution in [-0.2, 0) is 4.79 Å². The second-order valence-corrected chi connectivity index (χ2v) is 4.50. The molecule has 0 atom stereocenters. The van der Waals surface area contributed by atoms with Crippen molar-refractivity contribution in [3.05, 3.63) is 23.8 Å². The third kappa shape index (κ3) is 4.37. The highest BCUT2D eigenvalue weighted by Gasteiger charge is 2.16. The molecule has 0 bridgehead atoms. The number of amides is 2. The van der Waals surface area contributed by atoms with Crippen LogP contribution in [0, 0.1) is 0 Å². The average molecular weight is 293 g/mol. The molecule has 0 fully saturated rings. The van der Waals surface area contributed by atoms with Crippen LogP contribution >= 0.6 is 0 Å². The Bertz CT molecular complexity index is 499. The van der Waals surface area contributed by atoms with Gasteiger partial charge < -0.3 is 20.7 Å². The molecular formula is C15H23N3O3. The van der Waals surface area contributed by atoms with E-state index in [1.165, 1.54) is 7.11 Å². The molecule has 3 N–H and O–H groups in total. The monoisotopic (exact) mass is 293 g/mol. The molecule has 0 radical (unpaired) electrons. The molecule has 1 aromatic rings. The van der Waals surface area contributed by atoms with Crippen molar-refractivity contribution in [3.8, 4) is 5.75 Å². The van der Waals surface area contributed by atoms with Gasteiger partial charge in [-0.15, -0.1) is 0 Å². The van der Waals surface area contributed by atoms with Crippen LogP contribution in [0.2, 0.25) is 0 Å². The molecule has 1 rings (SSSR count). The highest BCUT2D eigenvalue weighted by molar-refractivity contribution is 6.02. The normalized spacial score (nSPS) is 10.0. The lowest BCUT2D eigenvalue weighted by atomic mass is 10.1. The van der Waals surface area contributed by atoms with Crippen LogP contribution in [-0.4, -0.2) is 43.5 Å². The number of nitrogens with one attached hydrogen (secondary N) is 1. The van der Waals surface area contributed by atoms with Gasteiger partial charge in [0.25, 0.3) is 5.91 Å². The van der Waals surface area contributed by atoms with E-state index >= 15 is 0 Å². The minimum atomic E-state index is -0.336. The molecule has 0 aliphatic carbocycles. The van der Waals surface area contributed by atoms with E-state index in [1.807, 2.05) is 13.8 Å². The molecule has 116 valence electrons. The molecule has 0 heterocycles. The van der Waals surface area contributed by atoms with Crippen LogP contribution in [0.15, 0.2) is 18.2 Å². The standard InChI is InChI=1S/C15H23N3O3/c1-4-18(5-2)13(19)9-10-17-15(20)14-11(16)7-6-8-12(14)21-3/h6-8H,4-5,9-10,16H2,1-3H3,(H,17,20). The van der Waals surface area contributed by atoms with Crippen molar-refractivity contribution in [2.75, 3.05) is 32.5 Å². The van der Waals surface area contributed by atoms with Gasteiger partial charge in [-0.3, -0.25) is 9.59 Å². The SMILES string of the molecule is CCN(CC)C(=O)CCNC(=O)c1c(N)cccc1OC. The minimum Gasteiger partial charge on any atom is -0.496 e. The van der Waals surface area contributed by atoms with Crippen molar-refractivity contribution in [2.24, 2.45) is 0 Å². The average Bonchev–Trinajstić information content (AvgIpc) is 2.47. The van der Waals surface area contributed by atoms with E-state index in [2.05, 4.69) is 5.32 Å². The summed E-state index contributed by atoms with van der Waals surface area (Å²) in [5.74, 6) is 0.105. The molecule has 6 nitrogen and oxygen atoms in total. The van der Waals surface area contributed by atoms with Gasteiger partial charge in [-0.1, -0.05) is 6.07 Å². The van der Waals surface area contributed by atoms with Crippen molar-refractivity contribution >= 4 is 17.5 Å². The van der Waals surface area contributed by atoms with E-state index in [9.17, 15) is 9.59 Å². The first-order chi connectivity index (χ1) is 10.0. The van der Waals surface area contributed by atoms with Crippen LogP contribution in [0.3, 0.4) is 0 Å². The fourth-order valence-electron chi connectivity index (χ4n) is 2.07. The second kappa shape index (κ2) is 8.14. The zero-order valence-corrected chi connectivity index (χ0v) is 12.8. The molecule has 0 spiro atoms. The second-order valence-electron chi connectivity index (χ2n) is 4.50.